The Bertz CT molecular complexity index is 279. The molecule has 0 aromatic heterocycles. The zero-order valence-electron chi connectivity index (χ0n) is 9.92. The van der Waals surface area contributed by atoms with Crippen molar-refractivity contribution in [2.24, 2.45) is 5.41 Å². The van der Waals surface area contributed by atoms with E-state index < -0.39 is 0 Å². The van der Waals surface area contributed by atoms with Gasteiger partial charge in [0.1, 0.15) is 0 Å². The second-order valence-corrected chi connectivity index (χ2v) is 5.29. The van der Waals surface area contributed by atoms with Gasteiger partial charge in [0, 0.05) is 19.4 Å². The smallest absolute Gasteiger partial charge is 0.229 e. The van der Waals surface area contributed by atoms with E-state index in [0.29, 0.717) is 19.4 Å². The van der Waals surface area contributed by atoms with Crippen molar-refractivity contribution in [1.82, 2.24) is 10.2 Å². The number of likely N-dealkylation sites (tertiary alicyclic amines) is 1. The van der Waals surface area contributed by atoms with Crippen LogP contribution in [0.5, 0.6) is 0 Å². The van der Waals surface area contributed by atoms with Crippen molar-refractivity contribution in [3.05, 3.63) is 0 Å². The number of carbonyl (C=O) groups excluding carboxylic acids is 2. The number of rotatable bonds is 2. The van der Waals surface area contributed by atoms with Crippen LogP contribution in [0.3, 0.4) is 0 Å². The Morgan fingerprint density at radius 3 is 2.31 bits per heavy atom. The Hall–Kier alpha value is -0.900. The van der Waals surface area contributed by atoms with Gasteiger partial charge in [0.2, 0.25) is 11.8 Å². The van der Waals surface area contributed by atoms with Crippen LogP contribution >= 0.6 is 0 Å². The number of carbonyl (C=O) groups is 2. The molecule has 0 radical (unpaired) electrons. The molecule has 0 atom stereocenters. The van der Waals surface area contributed by atoms with Crippen molar-refractivity contribution in [3.63, 3.8) is 0 Å². The molecule has 0 saturated carbocycles. The van der Waals surface area contributed by atoms with Gasteiger partial charge >= 0.3 is 0 Å². The largest absolute Gasteiger partial charge is 0.317 e. The van der Waals surface area contributed by atoms with E-state index in [2.05, 4.69) is 12.2 Å². The lowest BCUT2D eigenvalue weighted by Gasteiger charge is -2.38. The molecule has 4 heteroatoms. The summed E-state index contributed by atoms with van der Waals surface area (Å²) in [6, 6.07) is 0. The van der Waals surface area contributed by atoms with Crippen LogP contribution in [-0.2, 0) is 9.59 Å². The topological polar surface area (TPSA) is 49.4 Å². The van der Waals surface area contributed by atoms with Gasteiger partial charge in [-0.25, -0.2) is 0 Å². The van der Waals surface area contributed by atoms with Crippen LogP contribution in [0.25, 0.3) is 0 Å². The van der Waals surface area contributed by atoms with Crippen LogP contribution in [0, 0.1) is 5.41 Å². The van der Waals surface area contributed by atoms with E-state index in [1.54, 1.807) is 0 Å². The summed E-state index contributed by atoms with van der Waals surface area (Å²) >= 11 is 0. The molecule has 2 amide bonds. The van der Waals surface area contributed by atoms with E-state index in [-0.39, 0.29) is 17.2 Å². The number of amides is 2. The molecule has 2 rings (SSSR count). The number of piperidine rings is 2. The van der Waals surface area contributed by atoms with Crippen molar-refractivity contribution in [1.29, 1.82) is 0 Å². The number of nitrogens with one attached hydrogen (secondary N) is 1. The highest BCUT2D eigenvalue weighted by Gasteiger charge is 2.34. The van der Waals surface area contributed by atoms with Gasteiger partial charge < -0.3 is 5.32 Å². The summed E-state index contributed by atoms with van der Waals surface area (Å²) in [5.41, 5.74) is 0.119. The predicted molar refractivity (Wildman–Crippen MR) is 60.8 cm³/mol. The normalized spacial score (nSPS) is 25.9. The van der Waals surface area contributed by atoms with Crippen molar-refractivity contribution < 1.29 is 9.59 Å². The molecule has 0 aromatic rings. The fourth-order valence-electron chi connectivity index (χ4n) is 2.55. The van der Waals surface area contributed by atoms with E-state index >= 15 is 0 Å². The summed E-state index contributed by atoms with van der Waals surface area (Å²) in [7, 11) is 0. The quantitative estimate of drug-likeness (QED) is 0.709. The third-order valence-electron chi connectivity index (χ3n) is 3.73. The minimum absolute atomic E-state index is 0.0241. The standard InChI is InChI=1S/C12H20N2O2/c1-12(5-7-13-8-6-12)9-14-10(15)3-2-4-11(14)16/h13H,2-9H2,1H3. The average Bonchev–Trinajstić information content (AvgIpc) is 2.25. The molecule has 2 aliphatic rings. The maximum atomic E-state index is 11.7. The number of hydrogen-bond donors (Lipinski definition) is 1. The van der Waals surface area contributed by atoms with Crippen LogP contribution < -0.4 is 5.32 Å². The van der Waals surface area contributed by atoms with Gasteiger partial charge in [0.05, 0.1) is 0 Å². The summed E-state index contributed by atoms with van der Waals surface area (Å²) in [6.07, 6.45) is 3.90. The second kappa shape index (κ2) is 4.53. The Morgan fingerprint density at radius 1 is 1.19 bits per heavy atom. The van der Waals surface area contributed by atoms with Crippen molar-refractivity contribution in [2.75, 3.05) is 19.6 Å². The Kier molecular flexibility index (Phi) is 3.28. The van der Waals surface area contributed by atoms with Gasteiger partial charge in [-0.1, -0.05) is 6.92 Å². The molecular formula is C12H20N2O2. The highest BCUT2D eigenvalue weighted by molar-refractivity contribution is 5.97. The Balaban J connectivity index is 2.01. The summed E-state index contributed by atoms with van der Waals surface area (Å²) in [6.45, 7) is 4.79. The zero-order valence-corrected chi connectivity index (χ0v) is 9.92. The van der Waals surface area contributed by atoms with Gasteiger partial charge in [-0.2, -0.15) is 0 Å². The van der Waals surface area contributed by atoms with E-state index in [1.165, 1.54) is 4.90 Å². The van der Waals surface area contributed by atoms with Gasteiger partial charge in [0.15, 0.2) is 0 Å². The first-order valence-corrected chi connectivity index (χ1v) is 6.15. The maximum absolute atomic E-state index is 11.7. The number of imide groups is 1. The average molecular weight is 224 g/mol. The lowest BCUT2D eigenvalue weighted by molar-refractivity contribution is -0.150. The van der Waals surface area contributed by atoms with E-state index in [1.807, 2.05) is 0 Å². The molecule has 16 heavy (non-hydrogen) atoms. The molecule has 0 aromatic carbocycles. The number of hydrogen-bond acceptors (Lipinski definition) is 3. The zero-order chi connectivity index (χ0) is 11.6. The van der Waals surface area contributed by atoms with Gasteiger partial charge in [-0.3, -0.25) is 14.5 Å². The SMILES string of the molecule is CC1(CN2C(=O)CCCC2=O)CCNCC1. The molecule has 2 saturated heterocycles. The monoisotopic (exact) mass is 224 g/mol. The van der Waals surface area contributed by atoms with Crippen LogP contribution in [0.15, 0.2) is 0 Å². The molecule has 90 valence electrons. The highest BCUT2D eigenvalue weighted by Crippen LogP contribution is 2.30. The van der Waals surface area contributed by atoms with Crippen LogP contribution in [0.2, 0.25) is 0 Å². The maximum Gasteiger partial charge on any atom is 0.229 e. The molecular weight excluding hydrogens is 204 g/mol. The molecule has 2 heterocycles. The van der Waals surface area contributed by atoms with Crippen molar-refractivity contribution in [3.8, 4) is 0 Å². The van der Waals surface area contributed by atoms with Gasteiger partial charge in [-0.05, 0) is 37.8 Å². The molecule has 2 fully saturated rings. The van der Waals surface area contributed by atoms with E-state index in [4.69, 9.17) is 0 Å². The summed E-state index contributed by atoms with van der Waals surface area (Å²) in [5, 5.41) is 3.31. The van der Waals surface area contributed by atoms with Crippen molar-refractivity contribution >= 4 is 11.8 Å². The summed E-state index contributed by atoms with van der Waals surface area (Å²) < 4.78 is 0. The molecule has 0 unspecified atom stereocenters. The van der Waals surface area contributed by atoms with Crippen LogP contribution in [-0.4, -0.2) is 36.3 Å². The fraction of sp³-hybridized carbons (Fsp3) is 0.833. The Labute approximate surface area is 96.4 Å². The van der Waals surface area contributed by atoms with Crippen LogP contribution in [0.1, 0.15) is 39.0 Å². The first kappa shape index (κ1) is 11.6. The van der Waals surface area contributed by atoms with Crippen molar-refractivity contribution in [2.45, 2.75) is 39.0 Å². The minimum Gasteiger partial charge on any atom is -0.317 e. The Morgan fingerprint density at radius 2 is 1.75 bits per heavy atom. The summed E-state index contributed by atoms with van der Waals surface area (Å²) in [5.74, 6) is 0.0482. The molecule has 0 aliphatic carbocycles. The highest BCUT2D eigenvalue weighted by atomic mass is 16.2. The molecule has 1 N–H and O–H groups in total. The first-order chi connectivity index (χ1) is 7.61. The van der Waals surface area contributed by atoms with Crippen LogP contribution in [0.4, 0.5) is 0 Å². The van der Waals surface area contributed by atoms with E-state index in [9.17, 15) is 9.59 Å². The third-order valence-corrected chi connectivity index (χ3v) is 3.73. The molecule has 0 bridgehead atoms. The van der Waals surface area contributed by atoms with Gasteiger partial charge in [0.25, 0.3) is 0 Å². The lowest BCUT2D eigenvalue weighted by atomic mass is 9.80. The molecule has 2 aliphatic heterocycles. The fourth-order valence-corrected chi connectivity index (χ4v) is 2.55. The second-order valence-electron chi connectivity index (χ2n) is 5.29. The predicted octanol–water partition coefficient (Wildman–Crippen LogP) is 0.915. The summed E-state index contributed by atoms with van der Waals surface area (Å²) in [4.78, 5) is 24.9. The molecule has 0 spiro atoms. The minimum atomic E-state index is 0.0241. The third kappa shape index (κ3) is 2.43. The lowest BCUT2D eigenvalue weighted by Crippen LogP contribution is -2.48. The van der Waals surface area contributed by atoms with E-state index in [0.717, 1.165) is 32.4 Å². The number of nitrogens with zero attached hydrogens (tertiary/aromatic N) is 1. The van der Waals surface area contributed by atoms with Gasteiger partial charge in [-0.15, -0.1) is 0 Å². The molecule has 4 nitrogen and oxygen atoms in total. The first-order valence-electron chi connectivity index (χ1n) is 6.15.